The number of nitrogens with one attached hydrogen (secondary N) is 2. The van der Waals surface area contributed by atoms with E-state index in [0.717, 1.165) is 29.8 Å². The van der Waals surface area contributed by atoms with Gasteiger partial charge in [-0.1, -0.05) is 43.2 Å². The second-order valence-corrected chi connectivity index (χ2v) is 7.18. The third-order valence-electron chi connectivity index (χ3n) is 4.96. The number of anilines is 2. The van der Waals surface area contributed by atoms with E-state index in [1.807, 2.05) is 54.6 Å². The Labute approximate surface area is 170 Å². The van der Waals surface area contributed by atoms with Crippen LogP contribution in [-0.2, 0) is 6.61 Å². The Morgan fingerprint density at radius 1 is 0.931 bits per heavy atom. The predicted molar refractivity (Wildman–Crippen MR) is 112 cm³/mol. The predicted octanol–water partition coefficient (Wildman–Crippen LogP) is 4.47. The Kier molecular flexibility index (Phi) is 6.00. The summed E-state index contributed by atoms with van der Waals surface area (Å²) in [4.78, 5) is 12.2. The molecule has 1 heterocycles. The van der Waals surface area contributed by atoms with Gasteiger partial charge in [-0.15, -0.1) is 10.2 Å². The Hall–Kier alpha value is -3.41. The highest BCUT2D eigenvalue weighted by Gasteiger charge is 2.18. The van der Waals surface area contributed by atoms with Gasteiger partial charge in [-0.05, 0) is 54.8 Å². The highest BCUT2D eigenvalue weighted by Crippen LogP contribution is 2.20. The van der Waals surface area contributed by atoms with E-state index >= 15 is 0 Å². The van der Waals surface area contributed by atoms with Gasteiger partial charge in [0.1, 0.15) is 12.4 Å². The average molecular weight is 388 g/mol. The smallest absolute Gasteiger partial charge is 0.272 e. The normalized spacial score (nSPS) is 13.8. The zero-order chi connectivity index (χ0) is 19.9. The summed E-state index contributed by atoms with van der Waals surface area (Å²) in [5.41, 5.74) is 2.34. The summed E-state index contributed by atoms with van der Waals surface area (Å²) in [5.74, 6) is 1.22. The van der Waals surface area contributed by atoms with Crippen molar-refractivity contribution in [3.63, 3.8) is 0 Å². The van der Waals surface area contributed by atoms with Gasteiger partial charge in [0, 0.05) is 11.7 Å². The van der Waals surface area contributed by atoms with Crippen molar-refractivity contribution in [3.05, 3.63) is 78.0 Å². The van der Waals surface area contributed by atoms with Gasteiger partial charge in [0.05, 0.1) is 0 Å². The molecule has 0 aliphatic heterocycles. The maximum absolute atomic E-state index is 12.2. The first-order chi connectivity index (χ1) is 14.3. The number of benzene rings is 2. The molecule has 2 N–H and O–H groups in total. The van der Waals surface area contributed by atoms with Crippen molar-refractivity contribution in [3.8, 4) is 5.75 Å². The van der Waals surface area contributed by atoms with Crippen molar-refractivity contribution in [2.24, 2.45) is 0 Å². The minimum atomic E-state index is -0.157. The van der Waals surface area contributed by atoms with Gasteiger partial charge in [0.2, 0.25) is 0 Å². The highest BCUT2D eigenvalue weighted by atomic mass is 16.5. The van der Waals surface area contributed by atoms with E-state index in [-0.39, 0.29) is 11.9 Å². The van der Waals surface area contributed by atoms with Crippen LogP contribution in [0, 0.1) is 0 Å². The van der Waals surface area contributed by atoms with Crippen molar-refractivity contribution >= 4 is 17.4 Å². The molecule has 0 spiro atoms. The summed E-state index contributed by atoms with van der Waals surface area (Å²) < 4.78 is 5.79. The molecule has 1 amide bonds. The quantitative estimate of drug-likeness (QED) is 0.624. The van der Waals surface area contributed by atoms with Crippen molar-refractivity contribution in [2.75, 3.05) is 5.32 Å². The van der Waals surface area contributed by atoms with E-state index in [1.165, 1.54) is 12.8 Å². The third kappa shape index (κ3) is 5.31. The lowest BCUT2D eigenvalue weighted by atomic mass is 10.2. The SMILES string of the molecule is O=C(NC1CCCC1)c1ccc(Nc2ccc(OCc3ccccc3)cc2)nn1. The minimum Gasteiger partial charge on any atom is -0.489 e. The maximum atomic E-state index is 12.2. The van der Waals surface area contributed by atoms with E-state index in [2.05, 4.69) is 20.8 Å². The molecule has 1 saturated carbocycles. The Morgan fingerprint density at radius 2 is 1.69 bits per heavy atom. The van der Waals surface area contributed by atoms with Crippen LogP contribution >= 0.6 is 0 Å². The van der Waals surface area contributed by atoms with Crippen molar-refractivity contribution < 1.29 is 9.53 Å². The maximum Gasteiger partial charge on any atom is 0.272 e. The van der Waals surface area contributed by atoms with Gasteiger partial charge in [-0.2, -0.15) is 0 Å². The van der Waals surface area contributed by atoms with Crippen LogP contribution in [0.3, 0.4) is 0 Å². The lowest BCUT2D eigenvalue weighted by Gasteiger charge is -2.11. The van der Waals surface area contributed by atoms with Gasteiger partial charge in [0.15, 0.2) is 11.5 Å². The summed E-state index contributed by atoms with van der Waals surface area (Å²) in [6.07, 6.45) is 4.44. The zero-order valence-electron chi connectivity index (χ0n) is 16.2. The van der Waals surface area contributed by atoms with E-state index < -0.39 is 0 Å². The molecule has 1 aliphatic rings. The first-order valence-corrected chi connectivity index (χ1v) is 9.95. The summed E-state index contributed by atoms with van der Waals surface area (Å²) in [6, 6.07) is 21.4. The number of hydrogen-bond donors (Lipinski definition) is 2. The number of hydrogen-bond acceptors (Lipinski definition) is 5. The van der Waals surface area contributed by atoms with Crippen LogP contribution < -0.4 is 15.4 Å². The van der Waals surface area contributed by atoms with E-state index in [4.69, 9.17) is 4.74 Å². The fourth-order valence-electron chi connectivity index (χ4n) is 3.37. The van der Waals surface area contributed by atoms with Crippen molar-refractivity contribution in [2.45, 2.75) is 38.3 Å². The molecule has 6 nitrogen and oxygen atoms in total. The minimum absolute atomic E-state index is 0.157. The van der Waals surface area contributed by atoms with Crippen LogP contribution in [0.15, 0.2) is 66.7 Å². The molecule has 3 aromatic rings. The van der Waals surface area contributed by atoms with Gasteiger partial charge < -0.3 is 15.4 Å². The molecule has 0 unspecified atom stereocenters. The molecule has 29 heavy (non-hydrogen) atoms. The highest BCUT2D eigenvalue weighted by molar-refractivity contribution is 5.92. The van der Waals surface area contributed by atoms with Gasteiger partial charge >= 0.3 is 0 Å². The van der Waals surface area contributed by atoms with E-state index in [0.29, 0.717) is 18.1 Å². The summed E-state index contributed by atoms with van der Waals surface area (Å²) in [7, 11) is 0. The molecule has 4 rings (SSSR count). The van der Waals surface area contributed by atoms with E-state index in [1.54, 1.807) is 12.1 Å². The largest absolute Gasteiger partial charge is 0.489 e. The molecule has 1 aromatic heterocycles. The van der Waals surface area contributed by atoms with Crippen molar-refractivity contribution in [1.82, 2.24) is 15.5 Å². The lowest BCUT2D eigenvalue weighted by Crippen LogP contribution is -2.33. The first-order valence-electron chi connectivity index (χ1n) is 9.95. The number of rotatable bonds is 7. The molecule has 0 radical (unpaired) electrons. The fraction of sp³-hybridized carbons (Fsp3) is 0.261. The lowest BCUT2D eigenvalue weighted by molar-refractivity contribution is 0.0932. The number of carbonyl (C=O) groups is 1. The van der Waals surface area contributed by atoms with Gasteiger partial charge in [-0.25, -0.2) is 0 Å². The van der Waals surface area contributed by atoms with E-state index in [9.17, 15) is 4.79 Å². The zero-order valence-corrected chi connectivity index (χ0v) is 16.2. The number of amides is 1. The summed E-state index contributed by atoms with van der Waals surface area (Å²) in [6.45, 7) is 0.531. The van der Waals surface area contributed by atoms with Crippen LogP contribution in [0.2, 0.25) is 0 Å². The van der Waals surface area contributed by atoms with Crippen LogP contribution in [-0.4, -0.2) is 22.1 Å². The van der Waals surface area contributed by atoms with Crippen LogP contribution in [0.25, 0.3) is 0 Å². The second kappa shape index (κ2) is 9.19. The molecule has 0 saturated heterocycles. The molecule has 0 bridgehead atoms. The Balaban J connectivity index is 1.30. The number of ether oxygens (including phenoxy) is 1. The average Bonchev–Trinajstić information content (AvgIpc) is 3.27. The summed E-state index contributed by atoms with van der Waals surface area (Å²) >= 11 is 0. The first kappa shape index (κ1) is 18.9. The van der Waals surface area contributed by atoms with Crippen LogP contribution in [0.4, 0.5) is 11.5 Å². The fourth-order valence-corrected chi connectivity index (χ4v) is 3.37. The monoisotopic (exact) mass is 388 g/mol. The molecule has 1 aliphatic carbocycles. The number of nitrogens with zero attached hydrogens (tertiary/aromatic N) is 2. The molecule has 1 fully saturated rings. The van der Waals surface area contributed by atoms with Gasteiger partial charge in [-0.3, -0.25) is 4.79 Å². The van der Waals surface area contributed by atoms with Gasteiger partial charge in [0.25, 0.3) is 5.91 Å². The summed E-state index contributed by atoms with van der Waals surface area (Å²) in [5, 5.41) is 14.4. The van der Waals surface area contributed by atoms with Crippen LogP contribution in [0.1, 0.15) is 41.7 Å². The molecular weight excluding hydrogens is 364 g/mol. The molecule has 2 aromatic carbocycles. The molecule has 0 atom stereocenters. The second-order valence-electron chi connectivity index (χ2n) is 7.18. The van der Waals surface area contributed by atoms with Crippen molar-refractivity contribution in [1.29, 1.82) is 0 Å². The molecule has 6 heteroatoms. The number of carbonyl (C=O) groups excluding carboxylic acids is 1. The number of aromatic nitrogens is 2. The molecule has 148 valence electrons. The topological polar surface area (TPSA) is 76.1 Å². The Bertz CT molecular complexity index is 921. The Morgan fingerprint density at radius 3 is 2.38 bits per heavy atom. The molecular formula is C23H24N4O2. The standard InChI is InChI=1S/C23H24N4O2/c28-23(25-18-8-4-5-9-18)21-14-15-22(27-26-21)24-19-10-12-20(13-11-19)29-16-17-6-2-1-3-7-17/h1-3,6-7,10-15,18H,4-5,8-9,16H2,(H,24,27)(H,25,28). The van der Waals surface area contributed by atoms with Crippen LogP contribution in [0.5, 0.6) is 5.75 Å². The third-order valence-corrected chi connectivity index (χ3v) is 4.96.